The number of aryl methyl sites for hydroxylation is 2. The molecule has 3 rings (SSSR count). The third-order valence-corrected chi connectivity index (χ3v) is 5.27. The molecule has 0 radical (unpaired) electrons. The molecule has 0 bridgehead atoms. The molecule has 0 spiro atoms. The Bertz CT molecular complexity index is 869. The molecule has 1 atom stereocenters. The van der Waals surface area contributed by atoms with Gasteiger partial charge in [0.25, 0.3) is 0 Å². The van der Waals surface area contributed by atoms with Crippen LogP contribution in [0.4, 0.5) is 37.7 Å². The Morgan fingerprint density at radius 3 is 1.97 bits per heavy atom. The third kappa shape index (κ3) is 4.62. The van der Waals surface area contributed by atoms with Gasteiger partial charge in [-0.15, -0.1) is 0 Å². The summed E-state index contributed by atoms with van der Waals surface area (Å²) in [5.41, 5.74) is 1.09. The lowest BCUT2D eigenvalue weighted by Crippen LogP contribution is -2.41. The molecule has 0 saturated carbocycles. The highest BCUT2D eigenvalue weighted by Crippen LogP contribution is 2.38. The largest absolute Gasteiger partial charge is 0.416 e. The van der Waals surface area contributed by atoms with E-state index in [1.165, 1.54) is 0 Å². The van der Waals surface area contributed by atoms with E-state index in [2.05, 4.69) is 5.32 Å². The van der Waals surface area contributed by atoms with Crippen LogP contribution in [0.5, 0.6) is 0 Å². The number of hydrogen-bond acceptors (Lipinski definition) is 2. The van der Waals surface area contributed by atoms with Crippen LogP contribution in [0.15, 0.2) is 30.3 Å². The fourth-order valence-electron chi connectivity index (χ4n) is 3.52. The number of hydrogen-bond donors (Lipinski definition) is 1. The molecule has 0 amide bonds. The van der Waals surface area contributed by atoms with Crippen LogP contribution in [0.3, 0.4) is 0 Å². The predicted molar refractivity (Wildman–Crippen MR) is 101 cm³/mol. The van der Waals surface area contributed by atoms with Crippen molar-refractivity contribution in [2.45, 2.75) is 52.1 Å². The highest BCUT2D eigenvalue weighted by Gasteiger charge is 2.37. The van der Waals surface area contributed by atoms with Crippen molar-refractivity contribution in [2.24, 2.45) is 0 Å². The van der Waals surface area contributed by atoms with Crippen LogP contribution < -0.4 is 10.2 Å². The minimum Gasteiger partial charge on any atom is -0.379 e. The van der Waals surface area contributed by atoms with Crippen molar-refractivity contribution in [1.82, 2.24) is 0 Å². The summed E-state index contributed by atoms with van der Waals surface area (Å²) in [5, 5.41) is 3.40. The Morgan fingerprint density at radius 2 is 1.45 bits per heavy atom. The van der Waals surface area contributed by atoms with Crippen molar-refractivity contribution in [3.05, 3.63) is 58.1 Å². The van der Waals surface area contributed by atoms with Gasteiger partial charge in [-0.1, -0.05) is 6.92 Å². The molecular formula is C21H22F6N2. The molecule has 2 aromatic carbocycles. The molecule has 29 heavy (non-hydrogen) atoms. The summed E-state index contributed by atoms with van der Waals surface area (Å²) in [5.74, 6) is 0. The average Bonchev–Trinajstić information content (AvgIpc) is 2.61. The van der Waals surface area contributed by atoms with Crippen LogP contribution >= 0.6 is 0 Å². The number of nitrogens with one attached hydrogen (secondary N) is 1. The maximum absolute atomic E-state index is 13.2. The van der Waals surface area contributed by atoms with Gasteiger partial charge in [-0.05, 0) is 67.3 Å². The number of halogens is 6. The van der Waals surface area contributed by atoms with Gasteiger partial charge in [0.15, 0.2) is 0 Å². The van der Waals surface area contributed by atoms with Crippen LogP contribution in [0.2, 0.25) is 0 Å². The number of fused-ring (bicyclic) bond motifs is 1. The van der Waals surface area contributed by atoms with Gasteiger partial charge in [0, 0.05) is 19.1 Å². The minimum atomic E-state index is -4.85. The molecule has 1 aliphatic heterocycles. The number of alkyl halides is 6. The smallest absolute Gasteiger partial charge is 0.379 e. The van der Waals surface area contributed by atoms with Crippen molar-refractivity contribution < 1.29 is 26.3 Å². The average molecular weight is 416 g/mol. The molecule has 1 N–H and O–H groups in total. The van der Waals surface area contributed by atoms with E-state index in [9.17, 15) is 26.3 Å². The molecule has 1 aliphatic rings. The van der Waals surface area contributed by atoms with Crippen molar-refractivity contribution in [3.8, 4) is 0 Å². The second-order valence-electron chi connectivity index (χ2n) is 7.50. The van der Waals surface area contributed by atoms with Crippen LogP contribution in [-0.4, -0.2) is 12.6 Å². The Hall–Kier alpha value is -2.38. The van der Waals surface area contributed by atoms with Crippen molar-refractivity contribution in [1.29, 1.82) is 0 Å². The lowest BCUT2D eigenvalue weighted by atomic mass is 10.00. The maximum Gasteiger partial charge on any atom is 0.416 e. The zero-order valence-corrected chi connectivity index (χ0v) is 16.3. The number of anilines is 2. The summed E-state index contributed by atoms with van der Waals surface area (Å²) in [7, 11) is 0. The molecule has 158 valence electrons. The van der Waals surface area contributed by atoms with Gasteiger partial charge in [0.1, 0.15) is 0 Å². The van der Waals surface area contributed by atoms with E-state index in [0.29, 0.717) is 6.54 Å². The summed E-state index contributed by atoms with van der Waals surface area (Å²) in [6.45, 7) is 6.31. The maximum atomic E-state index is 13.2. The summed E-state index contributed by atoms with van der Waals surface area (Å²) >= 11 is 0. The van der Waals surface area contributed by atoms with Gasteiger partial charge >= 0.3 is 12.4 Å². The number of nitrogens with zero attached hydrogens (tertiary/aromatic N) is 1. The molecule has 2 nitrogen and oxygen atoms in total. The lowest BCUT2D eigenvalue weighted by Gasteiger charge is -2.38. The second kappa shape index (κ2) is 7.46. The second-order valence-corrected chi connectivity index (χ2v) is 7.50. The highest BCUT2D eigenvalue weighted by atomic mass is 19.4. The summed E-state index contributed by atoms with van der Waals surface area (Å²) in [6, 6.07) is 5.71. The standard InChI is InChI=1S/C21H22F6N2/c1-4-17-11-29(19-6-13(3)12(2)5-18(19)28-17)10-14-7-15(20(22,23)24)9-16(8-14)21(25,26)27/h5-9,17,28H,4,10-11H2,1-3H3. The summed E-state index contributed by atoms with van der Waals surface area (Å²) < 4.78 is 79.1. The van der Waals surface area contributed by atoms with Crippen LogP contribution in [0.25, 0.3) is 0 Å². The topological polar surface area (TPSA) is 15.3 Å². The molecular weight excluding hydrogens is 394 g/mol. The van der Waals surface area contributed by atoms with Crippen LogP contribution in [-0.2, 0) is 18.9 Å². The first-order chi connectivity index (χ1) is 13.4. The molecule has 1 heterocycles. The Kier molecular flexibility index (Phi) is 5.49. The summed E-state index contributed by atoms with van der Waals surface area (Å²) in [6.07, 6.45) is -8.92. The molecule has 0 aromatic heterocycles. The van der Waals surface area contributed by atoms with E-state index in [1.807, 2.05) is 37.8 Å². The number of benzene rings is 2. The normalized spacial score (nSPS) is 17.1. The molecule has 0 fully saturated rings. The molecule has 2 aromatic rings. The van der Waals surface area contributed by atoms with Gasteiger partial charge in [-0.2, -0.15) is 26.3 Å². The van der Waals surface area contributed by atoms with Crippen molar-refractivity contribution in [3.63, 3.8) is 0 Å². The molecule has 1 unspecified atom stereocenters. The SMILES string of the molecule is CCC1CN(Cc2cc(C(F)(F)F)cc(C(F)(F)F)c2)c2cc(C)c(C)cc2N1. The zero-order valence-electron chi connectivity index (χ0n) is 16.3. The minimum absolute atomic E-state index is 0.0203. The first-order valence-electron chi connectivity index (χ1n) is 9.29. The van der Waals surface area contributed by atoms with E-state index in [4.69, 9.17) is 0 Å². The van der Waals surface area contributed by atoms with E-state index < -0.39 is 23.5 Å². The van der Waals surface area contributed by atoms with Gasteiger partial charge < -0.3 is 10.2 Å². The monoisotopic (exact) mass is 416 g/mol. The van der Waals surface area contributed by atoms with E-state index >= 15 is 0 Å². The fraction of sp³-hybridized carbons (Fsp3) is 0.429. The van der Waals surface area contributed by atoms with Crippen molar-refractivity contribution >= 4 is 11.4 Å². The van der Waals surface area contributed by atoms with E-state index in [0.717, 1.165) is 41.1 Å². The zero-order chi connectivity index (χ0) is 21.6. The predicted octanol–water partition coefficient (Wildman–Crippen LogP) is 6.55. The van der Waals surface area contributed by atoms with Gasteiger partial charge in [-0.25, -0.2) is 0 Å². The Morgan fingerprint density at radius 1 is 0.897 bits per heavy atom. The van der Waals surface area contributed by atoms with E-state index in [1.54, 1.807) is 0 Å². The van der Waals surface area contributed by atoms with Gasteiger partial charge in [0.2, 0.25) is 0 Å². The first kappa shape index (κ1) is 21.3. The van der Waals surface area contributed by atoms with Gasteiger partial charge in [0.05, 0.1) is 22.5 Å². The van der Waals surface area contributed by atoms with Crippen LogP contribution in [0, 0.1) is 13.8 Å². The van der Waals surface area contributed by atoms with Crippen LogP contribution in [0.1, 0.15) is 41.2 Å². The fourth-order valence-corrected chi connectivity index (χ4v) is 3.52. The molecule has 0 saturated heterocycles. The Labute approximate surface area is 165 Å². The quantitative estimate of drug-likeness (QED) is 0.571. The number of rotatable bonds is 3. The van der Waals surface area contributed by atoms with Gasteiger partial charge in [-0.3, -0.25) is 0 Å². The van der Waals surface area contributed by atoms with E-state index in [-0.39, 0.29) is 24.2 Å². The first-order valence-corrected chi connectivity index (χ1v) is 9.29. The summed E-state index contributed by atoms with van der Waals surface area (Å²) in [4.78, 5) is 1.85. The third-order valence-electron chi connectivity index (χ3n) is 5.27. The molecule has 0 aliphatic carbocycles. The Balaban J connectivity index is 2.04. The molecule has 8 heteroatoms. The van der Waals surface area contributed by atoms with Crippen molar-refractivity contribution in [2.75, 3.05) is 16.8 Å². The highest BCUT2D eigenvalue weighted by molar-refractivity contribution is 5.75. The lowest BCUT2D eigenvalue weighted by molar-refractivity contribution is -0.143.